The molecular weight excluding hydrogens is 400 g/mol. The molecule has 6 atom stereocenters. The molecular formula is C20H26O10. The molecule has 3 rings (SSSR count). The predicted molar refractivity (Wildman–Crippen MR) is 103 cm³/mol. The van der Waals surface area contributed by atoms with Crippen LogP contribution in [0, 0.1) is 0 Å². The Bertz CT molecular complexity index is 937. The standard InChI is InChI=1S/C20H26O10/c1-20(2,30-19-18(27)17(26)16(25)13(8-21)29-19)14(23)6-10-5-9-3-4-15(24)28-12(9)7-11(10)22/h3-5,7,13-14,16-19,21-23,25-27H,6,8H2,1-2H3. The van der Waals surface area contributed by atoms with Crippen LogP contribution < -0.4 is 5.63 Å². The van der Waals surface area contributed by atoms with Crippen LogP contribution >= 0.6 is 0 Å². The van der Waals surface area contributed by atoms with Gasteiger partial charge in [-0.1, -0.05) is 0 Å². The van der Waals surface area contributed by atoms with Crippen molar-refractivity contribution in [3.8, 4) is 5.75 Å². The molecule has 1 aliphatic rings. The first-order chi connectivity index (χ1) is 14.0. The third-order valence-corrected chi connectivity index (χ3v) is 5.30. The van der Waals surface area contributed by atoms with Crippen molar-refractivity contribution in [2.75, 3.05) is 6.61 Å². The van der Waals surface area contributed by atoms with E-state index in [1.165, 1.54) is 32.0 Å². The first kappa shape index (κ1) is 22.6. The summed E-state index contributed by atoms with van der Waals surface area (Å²) >= 11 is 0. The van der Waals surface area contributed by atoms with Crippen LogP contribution in [0.4, 0.5) is 0 Å². The maximum atomic E-state index is 11.3. The number of benzene rings is 1. The molecule has 0 aliphatic carbocycles. The molecule has 30 heavy (non-hydrogen) atoms. The summed E-state index contributed by atoms with van der Waals surface area (Å²) in [5.41, 5.74) is -1.30. The van der Waals surface area contributed by atoms with Crippen LogP contribution in [0.1, 0.15) is 19.4 Å². The van der Waals surface area contributed by atoms with Gasteiger partial charge in [-0.3, -0.25) is 0 Å². The van der Waals surface area contributed by atoms with E-state index in [1.807, 2.05) is 0 Å². The minimum Gasteiger partial charge on any atom is -0.508 e. The van der Waals surface area contributed by atoms with Crippen LogP contribution in [0.15, 0.2) is 33.5 Å². The van der Waals surface area contributed by atoms with Gasteiger partial charge in [0.15, 0.2) is 6.29 Å². The van der Waals surface area contributed by atoms with Crippen molar-refractivity contribution in [2.24, 2.45) is 0 Å². The van der Waals surface area contributed by atoms with Gasteiger partial charge in [-0.25, -0.2) is 4.79 Å². The minimum atomic E-state index is -1.61. The lowest BCUT2D eigenvalue weighted by molar-refractivity contribution is -0.331. The molecule has 6 N–H and O–H groups in total. The highest BCUT2D eigenvalue weighted by atomic mass is 16.7. The van der Waals surface area contributed by atoms with E-state index in [0.29, 0.717) is 10.9 Å². The molecule has 1 aromatic carbocycles. The van der Waals surface area contributed by atoms with Gasteiger partial charge in [0.2, 0.25) is 0 Å². The average Bonchev–Trinajstić information content (AvgIpc) is 2.69. The summed E-state index contributed by atoms with van der Waals surface area (Å²) in [4.78, 5) is 11.3. The van der Waals surface area contributed by atoms with Gasteiger partial charge in [0.25, 0.3) is 0 Å². The van der Waals surface area contributed by atoms with Gasteiger partial charge in [0.1, 0.15) is 35.7 Å². The Labute approximate surface area is 171 Å². The molecule has 10 nitrogen and oxygen atoms in total. The summed E-state index contributed by atoms with van der Waals surface area (Å²) in [6.07, 6.45) is -8.52. The second-order valence-electron chi connectivity index (χ2n) is 7.91. The number of ether oxygens (including phenoxy) is 2. The molecule has 1 saturated heterocycles. The Hall–Kier alpha value is -2.05. The number of hydrogen-bond acceptors (Lipinski definition) is 10. The third-order valence-electron chi connectivity index (χ3n) is 5.30. The molecule has 6 unspecified atom stereocenters. The lowest BCUT2D eigenvalue weighted by Crippen LogP contribution is -2.61. The van der Waals surface area contributed by atoms with Crippen LogP contribution in [0.5, 0.6) is 5.75 Å². The molecule has 1 aromatic heterocycles. The second kappa shape index (κ2) is 8.60. The van der Waals surface area contributed by atoms with E-state index in [-0.39, 0.29) is 17.8 Å². The van der Waals surface area contributed by atoms with Crippen molar-refractivity contribution < 1.29 is 44.5 Å². The van der Waals surface area contributed by atoms with E-state index < -0.39 is 54.6 Å². The van der Waals surface area contributed by atoms with Gasteiger partial charge in [-0.15, -0.1) is 0 Å². The fourth-order valence-corrected chi connectivity index (χ4v) is 3.31. The molecule has 1 aliphatic heterocycles. The first-order valence-corrected chi connectivity index (χ1v) is 9.45. The molecule has 0 bridgehead atoms. The number of fused-ring (bicyclic) bond motifs is 1. The fraction of sp³-hybridized carbons (Fsp3) is 0.550. The van der Waals surface area contributed by atoms with E-state index in [1.54, 1.807) is 6.07 Å². The highest BCUT2D eigenvalue weighted by molar-refractivity contribution is 5.79. The molecule has 2 heterocycles. The summed E-state index contributed by atoms with van der Waals surface area (Å²) in [5.74, 6) is -0.181. The van der Waals surface area contributed by atoms with E-state index in [4.69, 9.17) is 13.9 Å². The van der Waals surface area contributed by atoms with Crippen LogP contribution in [0.25, 0.3) is 11.0 Å². The third kappa shape index (κ3) is 4.49. The summed E-state index contributed by atoms with van der Waals surface area (Å²) in [7, 11) is 0. The molecule has 0 radical (unpaired) electrons. The summed E-state index contributed by atoms with van der Waals surface area (Å²) in [6, 6.07) is 5.63. The molecule has 0 amide bonds. The zero-order valence-corrected chi connectivity index (χ0v) is 16.5. The van der Waals surface area contributed by atoms with Crippen molar-refractivity contribution in [1.82, 2.24) is 0 Å². The van der Waals surface area contributed by atoms with Crippen LogP contribution in [0.3, 0.4) is 0 Å². The van der Waals surface area contributed by atoms with Crippen molar-refractivity contribution in [3.63, 3.8) is 0 Å². The van der Waals surface area contributed by atoms with Gasteiger partial charge >= 0.3 is 5.63 Å². The summed E-state index contributed by atoms with van der Waals surface area (Å²) in [6.45, 7) is 2.45. The summed E-state index contributed by atoms with van der Waals surface area (Å²) in [5, 5.41) is 60.7. The number of phenols is 1. The lowest BCUT2D eigenvalue weighted by atomic mass is 9.93. The second-order valence-corrected chi connectivity index (χ2v) is 7.91. The van der Waals surface area contributed by atoms with Crippen LogP contribution in [0.2, 0.25) is 0 Å². The maximum Gasteiger partial charge on any atom is 0.336 e. The SMILES string of the molecule is CC(C)(OC1OC(CO)C(O)C(O)C1O)C(O)Cc1cc2ccc(=O)oc2cc1O. The smallest absolute Gasteiger partial charge is 0.336 e. The van der Waals surface area contributed by atoms with E-state index in [2.05, 4.69) is 0 Å². The highest BCUT2D eigenvalue weighted by Gasteiger charge is 2.46. The van der Waals surface area contributed by atoms with Crippen LogP contribution in [-0.2, 0) is 15.9 Å². The molecule has 1 fully saturated rings. The highest BCUT2D eigenvalue weighted by Crippen LogP contribution is 2.31. The van der Waals surface area contributed by atoms with Gasteiger partial charge < -0.3 is 44.5 Å². The monoisotopic (exact) mass is 426 g/mol. The Morgan fingerprint density at radius 2 is 1.83 bits per heavy atom. The maximum absolute atomic E-state index is 11.3. The Kier molecular flexibility index (Phi) is 6.48. The Morgan fingerprint density at radius 1 is 1.13 bits per heavy atom. The summed E-state index contributed by atoms with van der Waals surface area (Å²) < 4.78 is 16.0. The number of hydrogen-bond donors (Lipinski definition) is 6. The number of aliphatic hydroxyl groups is 5. The molecule has 0 spiro atoms. The average molecular weight is 426 g/mol. The van der Waals surface area contributed by atoms with Crippen molar-refractivity contribution in [3.05, 3.63) is 40.2 Å². The van der Waals surface area contributed by atoms with Crippen molar-refractivity contribution in [1.29, 1.82) is 0 Å². The largest absolute Gasteiger partial charge is 0.508 e. The minimum absolute atomic E-state index is 0.0503. The van der Waals surface area contributed by atoms with E-state index >= 15 is 0 Å². The van der Waals surface area contributed by atoms with Crippen molar-refractivity contribution >= 4 is 11.0 Å². The number of aliphatic hydroxyl groups excluding tert-OH is 5. The Morgan fingerprint density at radius 3 is 2.50 bits per heavy atom. The first-order valence-electron chi connectivity index (χ1n) is 9.45. The normalized spacial score (nSPS) is 28.6. The lowest BCUT2D eigenvalue weighted by Gasteiger charge is -2.43. The topological polar surface area (TPSA) is 170 Å². The van der Waals surface area contributed by atoms with Gasteiger partial charge in [0.05, 0.1) is 18.3 Å². The van der Waals surface area contributed by atoms with E-state index in [9.17, 15) is 35.4 Å². The fourth-order valence-electron chi connectivity index (χ4n) is 3.31. The number of rotatable bonds is 6. The van der Waals surface area contributed by atoms with E-state index in [0.717, 1.165) is 0 Å². The van der Waals surface area contributed by atoms with Gasteiger partial charge in [-0.05, 0) is 31.5 Å². The van der Waals surface area contributed by atoms with Gasteiger partial charge in [0, 0.05) is 23.9 Å². The number of phenolic OH excluding ortho intramolecular Hbond substituents is 1. The van der Waals surface area contributed by atoms with Gasteiger partial charge in [-0.2, -0.15) is 0 Å². The predicted octanol–water partition coefficient (Wildman–Crippen LogP) is -1.00. The molecule has 10 heteroatoms. The molecule has 0 saturated carbocycles. The number of aromatic hydroxyl groups is 1. The molecule has 166 valence electrons. The quantitative estimate of drug-likeness (QED) is 0.315. The molecule has 2 aromatic rings. The van der Waals surface area contributed by atoms with Crippen LogP contribution in [-0.4, -0.2) is 79.7 Å². The zero-order chi connectivity index (χ0) is 22.2. The zero-order valence-electron chi connectivity index (χ0n) is 16.5. The Balaban J connectivity index is 1.76. The van der Waals surface area contributed by atoms with Crippen molar-refractivity contribution in [2.45, 2.75) is 62.7 Å².